The van der Waals surface area contributed by atoms with E-state index in [9.17, 15) is 39.6 Å². The van der Waals surface area contributed by atoms with E-state index in [2.05, 4.69) is 9.72 Å². The van der Waals surface area contributed by atoms with Crippen molar-refractivity contribution in [1.82, 2.24) is 14.0 Å². The number of benzene rings is 1. The van der Waals surface area contributed by atoms with Crippen molar-refractivity contribution in [3.8, 4) is 17.4 Å². The number of halogens is 8. The first-order valence-corrected chi connectivity index (χ1v) is 11.4. The van der Waals surface area contributed by atoms with E-state index in [1.54, 1.807) is 0 Å². The minimum absolute atomic E-state index is 0.193. The minimum atomic E-state index is -4.67. The first-order chi connectivity index (χ1) is 16.0. The highest BCUT2D eigenvalue weighted by atomic mass is 35.5. The summed E-state index contributed by atoms with van der Waals surface area (Å²) < 4.78 is 114. The van der Waals surface area contributed by atoms with Gasteiger partial charge in [-0.2, -0.15) is 25.9 Å². The number of aromatic nitrogens is 1. The molecule has 1 amide bonds. The van der Waals surface area contributed by atoms with Crippen molar-refractivity contribution in [2.45, 2.75) is 25.1 Å². The van der Waals surface area contributed by atoms with Crippen LogP contribution >= 0.6 is 23.2 Å². The van der Waals surface area contributed by atoms with Crippen LogP contribution in [0, 0.1) is 5.82 Å². The molecular formula is C18H13Cl2F6N3O5S. The van der Waals surface area contributed by atoms with Gasteiger partial charge >= 0.3 is 16.4 Å². The molecule has 1 fully saturated rings. The summed E-state index contributed by atoms with van der Waals surface area (Å²) in [5.74, 6) is -7.12. The Morgan fingerprint density at radius 1 is 1.20 bits per heavy atom. The van der Waals surface area contributed by atoms with Crippen LogP contribution < -0.4 is 14.2 Å². The number of nitrogens with zero attached hydrogens (tertiary/aromatic N) is 2. The minimum Gasteiger partial charge on any atom is -0.464 e. The molecule has 0 spiro atoms. The highest BCUT2D eigenvalue weighted by Crippen LogP contribution is 2.35. The molecule has 2 aromatic rings. The van der Waals surface area contributed by atoms with Crippen LogP contribution in [0.3, 0.4) is 0 Å². The maximum atomic E-state index is 14.5. The second-order valence-electron chi connectivity index (χ2n) is 7.18. The third-order valence-corrected chi connectivity index (χ3v) is 6.35. The van der Waals surface area contributed by atoms with Gasteiger partial charge in [-0.05, 0) is 13.0 Å². The van der Waals surface area contributed by atoms with Crippen LogP contribution in [-0.2, 0) is 10.2 Å². The molecule has 0 bridgehead atoms. The molecule has 0 aliphatic carbocycles. The van der Waals surface area contributed by atoms with Crippen molar-refractivity contribution in [2.24, 2.45) is 0 Å². The number of hydrogen-bond donors (Lipinski definition) is 1. The molecule has 1 aliphatic heterocycles. The summed E-state index contributed by atoms with van der Waals surface area (Å²) >= 11 is 11.8. The SMILES string of the molecule is CC(Oc1ncc(Oc2cc(F)c(C(=O)NS(=O)(=O)N3CC(F)(F)C3)cc2Cl)cc1Cl)C(F)(F)F. The lowest BCUT2D eigenvalue weighted by Gasteiger charge is -2.37. The Morgan fingerprint density at radius 2 is 1.83 bits per heavy atom. The molecule has 35 heavy (non-hydrogen) atoms. The van der Waals surface area contributed by atoms with Crippen molar-refractivity contribution in [2.75, 3.05) is 13.1 Å². The zero-order valence-corrected chi connectivity index (χ0v) is 19.5. The fourth-order valence-electron chi connectivity index (χ4n) is 2.57. The third kappa shape index (κ3) is 6.39. The zero-order valence-electron chi connectivity index (χ0n) is 17.2. The Bertz CT molecular complexity index is 1250. The maximum Gasteiger partial charge on any atom is 0.425 e. The van der Waals surface area contributed by atoms with Gasteiger partial charge in [0.1, 0.15) is 22.3 Å². The lowest BCUT2D eigenvalue weighted by Crippen LogP contribution is -2.61. The normalized spacial score (nSPS) is 16.8. The fourth-order valence-corrected chi connectivity index (χ4v) is 4.16. The number of pyridine rings is 1. The average molecular weight is 568 g/mol. The molecule has 8 nitrogen and oxygen atoms in total. The monoisotopic (exact) mass is 567 g/mol. The second-order valence-corrected chi connectivity index (χ2v) is 9.67. The molecular weight excluding hydrogens is 555 g/mol. The van der Waals surface area contributed by atoms with Gasteiger partial charge in [0, 0.05) is 12.1 Å². The molecule has 1 atom stereocenters. The summed E-state index contributed by atoms with van der Waals surface area (Å²) in [6, 6.07) is 2.35. The smallest absolute Gasteiger partial charge is 0.425 e. The standard InChI is InChI=1S/C18H13Cl2F6N3O5S/c1-8(18(24,25)26)33-16-12(20)2-9(5-27-16)34-14-4-13(21)10(3-11(14)19)15(30)28-35(31,32)29-6-17(22,23)7-29/h2-5,8H,6-7H2,1H3,(H,28,30). The molecule has 1 unspecified atom stereocenters. The summed E-state index contributed by atoms with van der Waals surface area (Å²) in [7, 11) is -4.65. The van der Waals surface area contributed by atoms with Crippen LogP contribution in [-0.4, -0.2) is 54.9 Å². The lowest BCUT2D eigenvalue weighted by atomic mass is 10.2. The molecule has 1 aromatic heterocycles. The molecule has 2 heterocycles. The van der Waals surface area contributed by atoms with Crippen LogP contribution in [0.1, 0.15) is 17.3 Å². The summed E-state index contributed by atoms with van der Waals surface area (Å²) in [6.07, 6.45) is -5.96. The van der Waals surface area contributed by atoms with Gasteiger partial charge in [-0.15, -0.1) is 0 Å². The predicted octanol–water partition coefficient (Wildman–Crippen LogP) is 4.57. The Hall–Kier alpha value is -2.49. The van der Waals surface area contributed by atoms with Crippen molar-refractivity contribution in [3.63, 3.8) is 0 Å². The summed E-state index contributed by atoms with van der Waals surface area (Å²) in [5, 5.41) is -0.750. The van der Waals surface area contributed by atoms with E-state index in [0.29, 0.717) is 10.4 Å². The molecule has 3 rings (SSSR count). The van der Waals surface area contributed by atoms with Crippen LogP contribution in [0.4, 0.5) is 26.3 Å². The van der Waals surface area contributed by atoms with Gasteiger partial charge in [0.2, 0.25) is 5.88 Å². The van der Waals surface area contributed by atoms with Crippen LogP contribution in [0.25, 0.3) is 0 Å². The molecule has 1 saturated heterocycles. The zero-order chi connectivity index (χ0) is 26.3. The number of carbonyl (C=O) groups is 1. The van der Waals surface area contributed by atoms with Crippen LogP contribution in [0.5, 0.6) is 17.4 Å². The molecule has 1 aromatic carbocycles. The van der Waals surface area contributed by atoms with Crippen LogP contribution in [0.2, 0.25) is 10.0 Å². The quantitative estimate of drug-likeness (QED) is 0.492. The van der Waals surface area contributed by atoms with Crippen LogP contribution in [0.15, 0.2) is 24.4 Å². The second kappa shape index (κ2) is 9.52. The highest BCUT2D eigenvalue weighted by molar-refractivity contribution is 7.87. The van der Waals surface area contributed by atoms with Gasteiger partial charge in [0.25, 0.3) is 11.8 Å². The molecule has 192 valence electrons. The van der Waals surface area contributed by atoms with E-state index in [1.165, 1.54) is 4.72 Å². The van der Waals surface area contributed by atoms with Gasteiger partial charge in [0.05, 0.1) is 29.9 Å². The topological polar surface area (TPSA) is 97.8 Å². The molecule has 1 aliphatic rings. The summed E-state index contributed by atoms with van der Waals surface area (Å²) in [5.41, 5.74) is -0.834. The average Bonchev–Trinajstić information content (AvgIpc) is 2.69. The van der Waals surface area contributed by atoms with E-state index in [-0.39, 0.29) is 21.5 Å². The molecule has 1 N–H and O–H groups in total. The van der Waals surface area contributed by atoms with E-state index < -0.39 is 64.7 Å². The van der Waals surface area contributed by atoms with Crippen molar-refractivity contribution in [1.29, 1.82) is 0 Å². The maximum absolute atomic E-state index is 14.5. The van der Waals surface area contributed by atoms with Gasteiger partial charge in [-0.25, -0.2) is 22.9 Å². The summed E-state index contributed by atoms with van der Waals surface area (Å²) in [4.78, 5) is 15.8. The van der Waals surface area contributed by atoms with Crippen molar-refractivity contribution < 1.29 is 49.0 Å². The Kier molecular flexibility index (Phi) is 7.37. The van der Waals surface area contributed by atoms with E-state index in [4.69, 9.17) is 27.9 Å². The molecule has 17 heteroatoms. The largest absolute Gasteiger partial charge is 0.464 e. The van der Waals surface area contributed by atoms with Gasteiger partial charge in [0.15, 0.2) is 6.10 Å². The number of hydrogen-bond acceptors (Lipinski definition) is 6. The van der Waals surface area contributed by atoms with E-state index >= 15 is 0 Å². The number of rotatable bonds is 7. The number of carbonyl (C=O) groups excluding carboxylic acids is 1. The predicted molar refractivity (Wildman–Crippen MR) is 110 cm³/mol. The van der Waals surface area contributed by atoms with Crippen molar-refractivity contribution in [3.05, 3.63) is 45.8 Å². The Morgan fingerprint density at radius 3 is 2.37 bits per heavy atom. The van der Waals surface area contributed by atoms with Crippen molar-refractivity contribution >= 4 is 39.3 Å². The van der Waals surface area contributed by atoms with E-state index in [0.717, 1.165) is 25.3 Å². The summed E-state index contributed by atoms with van der Waals surface area (Å²) in [6.45, 7) is -1.53. The number of ether oxygens (including phenoxy) is 2. The molecule has 0 saturated carbocycles. The number of amides is 1. The fraction of sp³-hybridized carbons (Fsp3) is 0.333. The number of alkyl halides is 5. The van der Waals surface area contributed by atoms with Gasteiger partial charge in [-0.1, -0.05) is 23.2 Å². The third-order valence-electron chi connectivity index (χ3n) is 4.40. The van der Waals surface area contributed by atoms with Gasteiger partial charge < -0.3 is 9.47 Å². The lowest BCUT2D eigenvalue weighted by molar-refractivity contribution is -0.189. The molecule has 0 radical (unpaired) electrons. The highest BCUT2D eigenvalue weighted by Gasteiger charge is 2.50. The van der Waals surface area contributed by atoms with Gasteiger partial charge in [-0.3, -0.25) is 4.79 Å². The van der Waals surface area contributed by atoms with E-state index in [1.807, 2.05) is 0 Å². The Balaban J connectivity index is 1.73. The Labute approximate surface area is 203 Å². The first kappa shape index (κ1) is 27.1. The number of nitrogens with one attached hydrogen (secondary N) is 1. The first-order valence-electron chi connectivity index (χ1n) is 9.24.